The second kappa shape index (κ2) is 6.21. The first-order chi connectivity index (χ1) is 8.06. The monoisotopic (exact) mass is 232 g/mol. The van der Waals surface area contributed by atoms with Crippen molar-refractivity contribution in [2.75, 3.05) is 0 Å². The van der Waals surface area contributed by atoms with Crippen molar-refractivity contribution >= 4 is 5.91 Å². The molecule has 0 heterocycles. The van der Waals surface area contributed by atoms with E-state index in [-0.39, 0.29) is 11.9 Å². The number of nitrogens with one attached hydrogen (secondary N) is 1. The molecular weight excluding hydrogens is 212 g/mol. The van der Waals surface area contributed by atoms with Crippen molar-refractivity contribution in [3.63, 3.8) is 0 Å². The maximum absolute atomic E-state index is 11.7. The molecule has 1 unspecified atom stereocenters. The molecule has 1 aromatic carbocycles. The van der Waals surface area contributed by atoms with E-state index in [9.17, 15) is 4.79 Å². The Hall–Kier alpha value is -1.61. The Morgan fingerprint density at radius 1 is 1.53 bits per heavy atom. The SMILES string of the molecule is C=CCC(N)C(=O)N[C@H](C)c1ccccc1C. The smallest absolute Gasteiger partial charge is 0.237 e. The van der Waals surface area contributed by atoms with Crippen LogP contribution in [0.1, 0.15) is 30.5 Å². The van der Waals surface area contributed by atoms with E-state index >= 15 is 0 Å². The van der Waals surface area contributed by atoms with Crippen molar-refractivity contribution < 1.29 is 4.79 Å². The van der Waals surface area contributed by atoms with Gasteiger partial charge in [-0.05, 0) is 31.4 Å². The first kappa shape index (κ1) is 13.5. The van der Waals surface area contributed by atoms with Gasteiger partial charge in [0.2, 0.25) is 5.91 Å². The van der Waals surface area contributed by atoms with Crippen molar-refractivity contribution in [1.29, 1.82) is 0 Å². The Labute approximate surface area is 103 Å². The molecule has 0 spiro atoms. The predicted molar refractivity (Wildman–Crippen MR) is 70.5 cm³/mol. The zero-order valence-electron chi connectivity index (χ0n) is 10.4. The highest BCUT2D eigenvalue weighted by Gasteiger charge is 2.15. The van der Waals surface area contributed by atoms with Gasteiger partial charge in [-0.3, -0.25) is 4.79 Å². The molecule has 1 amide bonds. The van der Waals surface area contributed by atoms with Gasteiger partial charge in [0.05, 0.1) is 12.1 Å². The molecular formula is C14H20N2O. The number of amides is 1. The number of rotatable bonds is 5. The van der Waals surface area contributed by atoms with Crippen molar-refractivity contribution in [3.8, 4) is 0 Å². The van der Waals surface area contributed by atoms with Crippen LogP contribution in [0.2, 0.25) is 0 Å². The second-order valence-corrected chi connectivity index (χ2v) is 4.22. The maximum atomic E-state index is 11.7. The van der Waals surface area contributed by atoms with Gasteiger partial charge in [0, 0.05) is 0 Å². The summed E-state index contributed by atoms with van der Waals surface area (Å²) >= 11 is 0. The van der Waals surface area contributed by atoms with Gasteiger partial charge in [0.25, 0.3) is 0 Å². The summed E-state index contributed by atoms with van der Waals surface area (Å²) in [5.41, 5.74) is 7.99. The molecule has 3 nitrogen and oxygen atoms in total. The molecule has 0 aliphatic heterocycles. The molecule has 92 valence electrons. The second-order valence-electron chi connectivity index (χ2n) is 4.22. The van der Waals surface area contributed by atoms with Crippen molar-refractivity contribution in [3.05, 3.63) is 48.0 Å². The van der Waals surface area contributed by atoms with Crippen LogP contribution < -0.4 is 11.1 Å². The van der Waals surface area contributed by atoms with Gasteiger partial charge in [-0.1, -0.05) is 30.3 Å². The van der Waals surface area contributed by atoms with E-state index in [1.807, 2.05) is 38.1 Å². The summed E-state index contributed by atoms with van der Waals surface area (Å²) in [5, 5.41) is 2.91. The van der Waals surface area contributed by atoms with Crippen LogP contribution in [0.3, 0.4) is 0 Å². The van der Waals surface area contributed by atoms with Crippen molar-refractivity contribution in [2.24, 2.45) is 5.73 Å². The minimum Gasteiger partial charge on any atom is -0.348 e. The molecule has 1 aromatic rings. The normalized spacial score (nSPS) is 13.8. The van der Waals surface area contributed by atoms with Crippen LogP contribution in [-0.4, -0.2) is 11.9 Å². The Morgan fingerprint density at radius 2 is 2.18 bits per heavy atom. The molecule has 0 aromatic heterocycles. The molecule has 0 radical (unpaired) electrons. The average molecular weight is 232 g/mol. The van der Waals surface area contributed by atoms with Crippen LogP contribution in [0.4, 0.5) is 0 Å². The summed E-state index contributed by atoms with van der Waals surface area (Å²) in [7, 11) is 0. The Morgan fingerprint density at radius 3 is 2.76 bits per heavy atom. The number of carbonyl (C=O) groups is 1. The van der Waals surface area contributed by atoms with Gasteiger partial charge in [0.15, 0.2) is 0 Å². The quantitative estimate of drug-likeness (QED) is 0.764. The molecule has 2 atom stereocenters. The van der Waals surface area contributed by atoms with E-state index in [2.05, 4.69) is 11.9 Å². The Bertz CT molecular complexity index is 401. The molecule has 0 fully saturated rings. The number of benzene rings is 1. The molecule has 3 heteroatoms. The largest absolute Gasteiger partial charge is 0.348 e. The van der Waals surface area contributed by atoms with Crippen LogP contribution in [0.5, 0.6) is 0 Å². The van der Waals surface area contributed by atoms with Crippen LogP contribution in [0.15, 0.2) is 36.9 Å². The number of aryl methyl sites for hydroxylation is 1. The first-order valence-electron chi connectivity index (χ1n) is 5.78. The summed E-state index contributed by atoms with van der Waals surface area (Å²) in [4.78, 5) is 11.7. The lowest BCUT2D eigenvalue weighted by molar-refractivity contribution is -0.122. The standard InChI is InChI=1S/C14H20N2O/c1-4-7-13(15)14(17)16-11(3)12-9-6-5-8-10(12)2/h4-6,8-9,11,13H,1,7,15H2,2-3H3,(H,16,17)/t11-,13?/m1/s1. The van der Waals surface area contributed by atoms with Crippen LogP contribution in [0, 0.1) is 6.92 Å². The van der Waals surface area contributed by atoms with Gasteiger partial charge in [-0.15, -0.1) is 6.58 Å². The number of hydrogen-bond donors (Lipinski definition) is 2. The molecule has 0 saturated heterocycles. The lowest BCUT2D eigenvalue weighted by Gasteiger charge is -2.18. The van der Waals surface area contributed by atoms with E-state index in [1.165, 1.54) is 0 Å². The number of hydrogen-bond acceptors (Lipinski definition) is 2. The predicted octanol–water partition coefficient (Wildman–Crippen LogP) is 2.08. The highest BCUT2D eigenvalue weighted by molar-refractivity contribution is 5.82. The average Bonchev–Trinajstić information content (AvgIpc) is 2.29. The Balaban J connectivity index is 2.66. The Kier molecular flexibility index (Phi) is 4.91. The molecule has 17 heavy (non-hydrogen) atoms. The minimum absolute atomic E-state index is 0.0282. The van der Waals surface area contributed by atoms with E-state index in [4.69, 9.17) is 5.73 Å². The summed E-state index contributed by atoms with van der Waals surface area (Å²) in [6, 6.07) is 7.45. The lowest BCUT2D eigenvalue weighted by atomic mass is 10.0. The fourth-order valence-corrected chi connectivity index (χ4v) is 1.76. The van der Waals surface area contributed by atoms with Gasteiger partial charge in [-0.2, -0.15) is 0 Å². The molecule has 1 rings (SSSR count). The fraction of sp³-hybridized carbons (Fsp3) is 0.357. The first-order valence-corrected chi connectivity index (χ1v) is 5.78. The summed E-state index contributed by atoms with van der Waals surface area (Å²) < 4.78 is 0. The molecule has 0 saturated carbocycles. The zero-order valence-corrected chi connectivity index (χ0v) is 10.4. The summed E-state index contributed by atoms with van der Waals surface area (Å²) in [5.74, 6) is -0.138. The highest BCUT2D eigenvalue weighted by atomic mass is 16.2. The number of nitrogens with two attached hydrogens (primary N) is 1. The third-order valence-electron chi connectivity index (χ3n) is 2.77. The maximum Gasteiger partial charge on any atom is 0.237 e. The van der Waals surface area contributed by atoms with Gasteiger partial charge >= 0.3 is 0 Å². The van der Waals surface area contributed by atoms with Crippen LogP contribution in [0.25, 0.3) is 0 Å². The third kappa shape index (κ3) is 3.71. The van der Waals surface area contributed by atoms with Gasteiger partial charge < -0.3 is 11.1 Å². The third-order valence-corrected chi connectivity index (χ3v) is 2.77. The topological polar surface area (TPSA) is 55.1 Å². The molecule has 0 bridgehead atoms. The van der Waals surface area contributed by atoms with E-state index in [0.717, 1.165) is 11.1 Å². The van der Waals surface area contributed by atoms with Crippen molar-refractivity contribution in [2.45, 2.75) is 32.4 Å². The lowest BCUT2D eigenvalue weighted by Crippen LogP contribution is -2.41. The van der Waals surface area contributed by atoms with Crippen LogP contribution in [-0.2, 0) is 4.79 Å². The summed E-state index contributed by atoms with van der Waals surface area (Å²) in [6.07, 6.45) is 2.15. The molecule has 3 N–H and O–H groups in total. The van der Waals surface area contributed by atoms with E-state index in [1.54, 1.807) is 6.08 Å². The highest BCUT2D eigenvalue weighted by Crippen LogP contribution is 2.16. The number of carbonyl (C=O) groups excluding carboxylic acids is 1. The van der Waals surface area contributed by atoms with Gasteiger partial charge in [0.1, 0.15) is 0 Å². The molecule has 0 aliphatic carbocycles. The van der Waals surface area contributed by atoms with Crippen LogP contribution >= 0.6 is 0 Å². The van der Waals surface area contributed by atoms with E-state index < -0.39 is 6.04 Å². The van der Waals surface area contributed by atoms with E-state index in [0.29, 0.717) is 6.42 Å². The summed E-state index contributed by atoms with van der Waals surface area (Å²) in [6.45, 7) is 7.56. The molecule has 0 aliphatic rings. The fourth-order valence-electron chi connectivity index (χ4n) is 1.76. The van der Waals surface area contributed by atoms with Gasteiger partial charge in [-0.25, -0.2) is 0 Å². The zero-order chi connectivity index (χ0) is 12.8. The minimum atomic E-state index is -0.515. The van der Waals surface area contributed by atoms with Crippen molar-refractivity contribution in [1.82, 2.24) is 5.32 Å².